The lowest BCUT2D eigenvalue weighted by Crippen LogP contribution is -2.15. The minimum absolute atomic E-state index is 0.00694. The van der Waals surface area contributed by atoms with Crippen molar-refractivity contribution in [3.63, 3.8) is 0 Å². The van der Waals surface area contributed by atoms with Crippen molar-refractivity contribution < 1.29 is 20.3 Å². The van der Waals surface area contributed by atoms with Crippen LogP contribution in [0.5, 0.6) is 0 Å². The lowest BCUT2D eigenvalue weighted by atomic mass is 10.3. The number of hydrogen-bond donors (Lipinski definition) is 2. The summed E-state index contributed by atoms with van der Waals surface area (Å²) in [6.45, 7) is 1.81. The van der Waals surface area contributed by atoms with Crippen LogP contribution in [0.25, 0.3) is 0 Å². The van der Waals surface area contributed by atoms with E-state index in [-0.39, 0.29) is 6.61 Å². The molecule has 0 aliphatic carbocycles. The first-order valence-corrected chi connectivity index (χ1v) is 2.41. The predicted molar refractivity (Wildman–Crippen MR) is 26.4 cm³/mol. The molecule has 0 aromatic heterocycles. The third kappa shape index (κ3) is 2.92. The summed E-state index contributed by atoms with van der Waals surface area (Å²) >= 11 is 0. The molecule has 1 atom stereocenters. The lowest BCUT2D eigenvalue weighted by molar-refractivity contribution is -0.326. The van der Waals surface area contributed by atoms with Crippen LogP contribution in [0.1, 0.15) is 13.3 Å². The SMILES string of the molecule is CCC(COO)OO. The molecule has 0 amide bonds. The third-order valence-corrected chi connectivity index (χ3v) is 0.865. The highest BCUT2D eigenvalue weighted by Gasteiger charge is 2.03. The van der Waals surface area contributed by atoms with Gasteiger partial charge in [-0.1, -0.05) is 6.92 Å². The van der Waals surface area contributed by atoms with Crippen molar-refractivity contribution >= 4 is 0 Å². The molecule has 4 heteroatoms. The normalized spacial score (nSPS) is 13.9. The molecule has 0 aliphatic rings. The maximum absolute atomic E-state index is 7.97. The van der Waals surface area contributed by atoms with Crippen molar-refractivity contribution in [1.29, 1.82) is 0 Å². The van der Waals surface area contributed by atoms with Gasteiger partial charge in [-0.2, -0.15) is 0 Å². The van der Waals surface area contributed by atoms with E-state index < -0.39 is 6.10 Å². The molecule has 0 fully saturated rings. The Kier molecular flexibility index (Phi) is 4.89. The second-order valence-corrected chi connectivity index (χ2v) is 1.43. The van der Waals surface area contributed by atoms with Crippen LogP contribution < -0.4 is 0 Å². The summed E-state index contributed by atoms with van der Waals surface area (Å²) in [5.74, 6) is 0. The summed E-state index contributed by atoms with van der Waals surface area (Å²) in [6.07, 6.45) is 0.192. The zero-order valence-electron chi connectivity index (χ0n) is 4.70. The van der Waals surface area contributed by atoms with Crippen LogP contribution in [-0.4, -0.2) is 23.2 Å². The van der Waals surface area contributed by atoms with Crippen molar-refractivity contribution in [2.45, 2.75) is 19.4 Å². The molecular weight excluding hydrogens is 112 g/mol. The Bertz CT molecular complexity index is 43.3. The molecular formula is C4H10O4. The van der Waals surface area contributed by atoms with Crippen molar-refractivity contribution in [3.8, 4) is 0 Å². The molecule has 0 saturated carbocycles. The van der Waals surface area contributed by atoms with Crippen molar-refractivity contribution in [3.05, 3.63) is 0 Å². The van der Waals surface area contributed by atoms with E-state index >= 15 is 0 Å². The van der Waals surface area contributed by atoms with Gasteiger partial charge < -0.3 is 0 Å². The first-order chi connectivity index (χ1) is 3.85. The van der Waals surface area contributed by atoms with Gasteiger partial charge in [-0.05, 0) is 6.42 Å². The summed E-state index contributed by atoms with van der Waals surface area (Å²) in [5, 5.41) is 15.8. The fourth-order valence-corrected chi connectivity index (χ4v) is 0.306. The molecule has 0 spiro atoms. The van der Waals surface area contributed by atoms with Gasteiger partial charge in [0.15, 0.2) is 0 Å². The maximum Gasteiger partial charge on any atom is 0.119 e. The van der Waals surface area contributed by atoms with E-state index in [9.17, 15) is 0 Å². The molecule has 8 heavy (non-hydrogen) atoms. The van der Waals surface area contributed by atoms with Crippen LogP contribution in [0.4, 0.5) is 0 Å². The topological polar surface area (TPSA) is 58.9 Å². The van der Waals surface area contributed by atoms with Gasteiger partial charge in [0.2, 0.25) is 0 Å². The van der Waals surface area contributed by atoms with Crippen LogP contribution in [0.15, 0.2) is 0 Å². The summed E-state index contributed by atoms with van der Waals surface area (Å²) < 4.78 is 0. The van der Waals surface area contributed by atoms with Gasteiger partial charge in [0.25, 0.3) is 0 Å². The summed E-state index contributed by atoms with van der Waals surface area (Å²) in [4.78, 5) is 7.56. The number of hydrogen-bond acceptors (Lipinski definition) is 4. The quantitative estimate of drug-likeness (QED) is 0.426. The van der Waals surface area contributed by atoms with E-state index in [1.54, 1.807) is 6.92 Å². The molecule has 2 N–H and O–H groups in total. The van der Waals surface area contributed by atoms with Gasteiger partial charge in [0, 0.05) is 0 Å². The summed E-state index contributed by atoms with van der Waals surface area (Å²) in [6, 6.07) is 0. The van der Waals surface area contributed by atoms with E-state index in [0.717, 1.165) is 0 Å². The largest absolute Gasteiger partial charge is 0.252 e. The van der Waals surface area contributed by atoms with Crippen molar-refractivity contribution in [1.82, 2.24) is 0 Å². The molecule has 0 rings (SSSR count). The van der Waals surface area contributed by atoms with E-state index in [1.165, 1.54) is 0 Å². The first-order valence-electron chi connectivity index (χ1n) is 2.41. The molecule has 0 bridgehead atoms. The molecule has 0 aliphatic heterocycles. The molecule has 4 nitrogen and oxygen atoms in total. The smallest absolute Gasteiger partial charge is 0.119 e. The molecule has 0 aromatic rings. The van der Waals surface area contributed by atoms with Crippen LogP contribution in [0, 0.1) is 0 Å². The Balaban J connectivity index is 3.07. The molecule has 0 aromatic carbocycles. The molecule has 50 valence electrons. The van der Waals surface area contributed by atoms with Crippen LogP contribution in [0.2, 0.25) is 0 Å². The molecule has 0 radical (unpaired) electrons. The molecule has 1 unspecified atom stereocenters. The van der Waals surface area contributed by atoms with Crippen molar-refractivity contribution in [2.75, 3.05) is 6.61 Å². The van der Waals surface area contributed by atoms with Crippen LogP contribution in [-0.2, 0) is 9.78 Å². The highest BCUT2D eigenvalue weighted by molar-refractivity contribution is 4.47. The van der Waals surface area contributed by atoms with E-state index in [0.29, 0.717) is 6.42 Å². The van der Waals surface area contributed by atoms with E-state index in [1.807, 2.05) is 0 Å². The van der Waals surface area contributed by atoms with Gasteiger partial charge in [0.05, 0.1) is 0 Å². The van der Waals surface area contributed by atoms with Crippen molar-refractivity contribution in [2.24, 2.45) is 0 Å². The van der Waals surface area contributed by atoms with Crippen LogP contribution in [0.3, 0.4) is 0 Å². The fraction of sp³-hybridized carbons (Fsp3) is 1.00. The highest BCUT2D eigenvalue weighted by Crippen LogP contribution is 1.93. The minimum atomic E-state index is -0.417. The van der Waals surface area contributed by atoms with Gasteiger partial charge in [-0.25, -0.2) is 9.78 Å². The maximum atomic E-state index is 7.97. The van der Waals surface area contributed by atoms with E-state index in [2.05, 4.69) is 9.78 Å². The fourth-order valence-electron chi connectivity index (χ4n) is 0.306. The Morgan fingerprint density at radius 1 is 1.50 bits per heavy atom. The second kappa shape index (κ2) is 4.99. The van der Waals surface area contributed by atoms with Gasteiger partial charge in [0.1, 0.15) is 12.7 Å². The Morgan fingerprint density at radius 3 is 2.25 bits per heavy atom. The number of rotatable bonds is 4. The monoisotopic (exact) mass is 122 g/mol. The van der Waals surface area contributed by atoms with Crippen LogP contribution >= 0.6 is 0 Å². The Hall–Kier alpha value is -0.160. The third-order valence-electron chi connectivity index (χ3n) is 0.865. The summed E-state index contributed by atoms with van der Waals surface area (Å²) in [7, 11) is 0. The zero-order chi connectivity index (χ0) is 6.41. The highest BCUT2D eigenvalue weighted by atomic mass is 17.1. The minimum Gasteiger partial charge on any atom is -0.252 e. The lowest BCUT2D eigenvalue weighted by Gasteiger charge is -2.05. The Labute approximate surface area is 47.5 Å². The van der Waals surface area contributed by atoms with Gasteiger partial charge >= 0.3 is 0 Å². The van der Waals surface area contributed by atoms with E-state index in [4.69, 9.17) is 10.5 Å². The second-order valence-electron chi connectivity index (χ2n) is 1.43. The molecule has 0 saturated heterocycles. The average Bonchev–Trinajstić information content (AvgIpc) is 1.83. The standard InChI is InChI=1S/C4H10O4/c1-2-4(8-6)3-7-5/h4-6H,2-3H2,1H3. The summed E-state index contributed by atoms with van der Waals surface area (Å²) in [5.41, 5.74) is 0. The zero-order valence-corrected chi connectivity index (χ0v) is 4.70. The first kappa shape index (κ1) is 7.84. The average molecular weight is 122 g/mol. The molecule has 0 heterocycles. The van der Waals surface area contributed by atoms with Gasteiger partial charge in [-0.15, -0.1) is 0 Å². The Morgan fingerprint density at radius 2 is 2.12 bits per heavy atom. The van der Waals surface area contributed by atoms with Gasteiger partial charge in [-0.3, -0.25) is 10.5 Å². The predicted octanol–water partition coefficient (Wildman–Crippen LogP) is 0.744.